The Hall–Kier alpha value is -0.617. The van der Waals surface area contributed by atoms with E-state index in [0.29, 0.717) is 0 Å². The van der Waals surface area contributed by atoms with Gasteiger partial charge in [0.2, 0.25) is 0 Å². The maximum atomic E-state index is 3.24. The van der Waals surface area contributed by atoms with Crippen LogP contribution in [0, 0.1) is 6.92 Å². The van der Waals surface area contributed by atoms with Gasteiger partial charge in [-0.15, -0.1) is 0 Å². The quantitative estimate of drug-likeness (QED) is 0.733. The Kier molecular flexibility index (Phi) is 3.05. The van der Waals surface area contributed by atoms with Gasteiger partial charge < -0.3 is 4.98 Å². The molecular formula is C10H11NRu. The second kappa shape index (κ2) is 3.86. The number of aromatic amines is 1. The van der Waals surface area contributed by atoms with E-state index in [1.54, 1.807) is 0 Å². The van der Waals surface area contributed by atoms with Gasteiger partial charge in [-0.3, -0.25) is 0 Å². The minimum absolute atomic E-state index is 0. The summed E-state index contributed by atoms with van der Waals surface area (Å²) in [6.07, 6.45) is 9.51. The maximum Gasteiger partial charge on any atom is 0.0445 e. The van der Waals surface area contributed by atoms with E-state index in [-0.39, 0.29) is 19.5 Å². The van der Waals surface area contributed by atoms with Crippen molar-refractivity contribution in [2.24, 2.45) is 0 Å². The molecular weight excluding hydrogens is 235 g/mol. The maximum absolute atomic E-state index is 3.24. The van der Waals surface area contributed by atoms with Crippen molar-refractivity contribution in [1.29, 1.82) is 0 Å². The fourth-order valence-electron chi connectivity index (χ4n) is 1.43. The summed E-state index contributed by atoms with van der Waals surface area (Å²) >= 11 is 0. The average molecular weight is 246 g/mol. The average Bonchev–Trinajstić information content (AvgIpc) is 2.55. The van der Waals surface area contributed by atoms with Crippen LogP contribution in [-0.2, 0) is 19.5 Å². The van der Waals surface area contributed by atoms with E-state index < -0.39 is 0 Å². The molecule has 1 aromatic heterocycles. The van der Waals surface area contributed by atoms with Crippen LogP contribution < -0.4 is 0 Å². The molecule has 0 aliphatic heterocycles. The van der Waals surface area contributed by atoms with Gasteiger partial charge in [0.15, 0.2) is 0 Å². The van der Waals surface area contributed by atoms with Gasteiger partial charge in [0, 0.05) is 31.4 Å². The topological polar surface area (TPSA) is 15.8 Å². The predicted octanol–water partition coefficient (Wildman–Crippen LogP) is 2.66. The third-order valence-corrected chi connectivity index (χ3v) is 2.05. The Bertz CT molecular complexity index is 320. The molecule has 1 nitrogen and oxygen atoms in total. The van der Waals surface area contributed by atoms with Crippen LogP contribution in [0.3, 0.4) is 0 Å². The summed E-state index contributed by atoms with van der Waals surface area (Å²) in [6.45, 7) is 2.13. The Balaban J connectivity index is 0.000000720. The summed E-state index contributed by atoms with van der Waals surface area (Å²) in [5.41, 5.74) is 4.02. The largest absolute Gasteiger partial charge is 0.361 e. The number of hydrogen-bond acceptors (Lipinski definition) is 0. The van der Waals surface area contributed by atoms with Gasteiger partial charge in [0.1, 0.15) is 0 Å². The minimum atomic E-state index is 0. The van der Waals surface area contributed by atoms with Crippen LogP contribution in [0.2, 0.25) is 0 Å². The van der Waals surface area contributed by atoms with E-state index in [9.17, 15) is 0 Å². The summed E-state index contributed by atoms with van der Waals surface area (Å²) < 4.78 is 0. The Labute approximate surface area is 85.3 Å². The molecule has 0 radical (unpaired) electrons. The smallest absolute Gasteiger partial charge is 0.0445 e. The zero-order chi connectivity index (χ0) is 7.68. The number of aromatic nitrogens is 1. The Morgan fingerprint density at radius 3 is 2.75 bits per heavy atom. The molecule has 0 aromatic carbocycles. The SMILES string of the molecule is Cc1cc[nH]c1C1=CC=CC1.[Ru]. The Morgan fingerprint density at radius 1 is 1.42 bits per heavy atom. The first-order chi connectivity index (χ1) is 5.38. The number of H-pyrrole nitrogens is 1. The van der Waals surface area contributed by atoms with Crippen molar-refractivity contribution in [3.05, 3.63) is 41.7 Å². The van der Waals surface area contributed by atoms with Gasteiger partial charge in [-0.05, 0) is 30.5 Å². The molecule has 0 atom stereocenters. The number of allylic oxidation sites excluding steroid dienone is 4. The number of rotatable bonds is 1. The van der Waals surface area contributed by atoms with E-state index in [1.807, 2.05) is 6.20 Å². The van der Waals surface area contributed by atoms with Crippen molar-refractivity contribution in [2.45, 2.75) is 13.3 Å². The van der Waals surface area contributed by atoms with Crippen molar-refractivity contribution < 1.29 is 19.5 Å². The monoisotopic (exact) mass is 247 g/mol. The third kappa shape index (κ3) is 1.59. The molecule has 0 bridgehead atoms. The van der Waals surface area contributed by atoms with Gasteiger partial charge in [-0.1, -0.05) is 18.2 Å². The van der Waals surface area contributed by atoms with E-state index >= 15 is 0 Å². The Morgan fingerprint density at radius 2 is 2.25 bits per heavy atom. The van der Waals surface area contributed by atoms with Crippen molar-refractivity contribution in [1.82, 2.24) is 4.98 Å². The fraction of sp³-hybridized carbons (Fsp3) is 0.200. The van der Waals surface area contributed by atoms with Gasteiger partial charge in [0.05, 0.1) is 0 Å². The van der Waals surface area contributed by atoms with Crippen molar-refractivity contribution in [3.8, 4) is 0 Å². The molecule has 2 heteroatoms. The second-order valence-electron chi connectivity index (χ2n) is 2.86. The summed E-state index contributed by atoms with van der Waals surface area (Å²) in [4.78, 5) is 3.24. The molecule has 64 valence electrons. The molecule has 0 saturated carbocycles. The summed E-state index contributed by atoms with van der Waals surface area (Å²) in [5.74, 6) is 0. The first kappa shape index (κ1) is 9.47. The van der Waals surface area contributed by atoms with Crippen LogP contribution in [0.15, 0.2) is 30.5 Å². The van der Waals surface area contributed by atoms with Gasteiger partial charge in [0.25, 0.3) is 0 Å². The van der Waals surface area contributed by atoms with Crippen LogP contribution in [0.4, 0.5) is 0 Å². The third-order valence-electron chi connectivity index (χ3n) is 2.05. The molecule has 1 heterocycles. The predicted molar refractivity (Wildman–Crippen MR) is 47.3 cm³/mol. The standard InChI is InChI=1S/C10H11N.Ru/c1-8-6-7-11-10(8)9-4-2-3-5-9;/h2-4,6-7,11H,5H2,1H3;. The number of hydrogen-bond donors (Lipinski definition) is 1. The molecule has 1 aromatic rings. The van der Waals surface area contributed by atoms with Gasteiger partial charge >= 0.3 is 0 Å². The van der Waals surface area contributed by atoms with E-state index in [2.05, 4.69) is 36.2 Å². The number of nitrogens with one attached hydrogen (secondary N) is 1. The fourth-order valence-corrected chi connectivity index (χ4v) is 1.43. The van der Waals surface area contributed by atoms with Crippen molar-refractivity contribution in [3.63, 3.8) is 0 Å². The van der Waals surface area contributed by atoms with Gasteiger partial charge in [-0.2, -0.15) is 0 Å². The van der Waals surface area contributed by atoms with Crippen LogP contribution in [-0.4, -0.2) is 4.98 Å². The summed E-state index contributed by atoms with van der Waals surface area (Å²) in [6, 6.07) is 2.11. The minimum Gasteiger partial charge on any atom is -0.361 e. The zero-order valence-electron chi connectivity index (χ0n) is 6.95. The number of aryl methyl sites for hydroxylation is 1. The van der Waals surface area contributed by atoms with Crippen LogP contribution >= 0.6 is 0 Å². The molecule has 1 aliphatic rings. The molecule has 1 N–H and O–H groups in total. The first-order valence-corrected chi connectivity index (χ1v) is 3.88. The molecule has 12 heavy (non-hydrogen) atoms. The molecule has 2 rings (SSSR count). The van der Waals surface area contributed by atoms with Crippen LogP contribution in [0.5, 0.6) is 0 Å². The molecule has 0 unspecified atom stereocenters. The second-order valence-corrected chi connectivity index (χ2v) is 2.86. The van der Waals surface area contributed by atoms with Crippen molar-refractivity contribution in [2.75, 3.05) is 0 Å². The van der Waals surface area contributed by atoms with E-state index in [1.165, 1.54) is 16.8 Å². The van der Waals surface area contributed by atoms with E-state index in [4.69, 9.17) is 0 Å². The first-order valence-electron chi connectivity index (χ1n) is 3.88. The van der Waals surface area contributed by atoms with Crippen LogP contribution in [0.1, 0.15) is 17.7 Å². The zero-order valence-corrected chi connectivity index (χ0v) is 8.69. The summed E-state index contributed by atoms with van der Waals surface area (Å²) in [7, 11) is 0. The molecule has 0 saturated heterocycles. The van der Waals surface area contributed by atoms with Crippen LogP contribution in [0.25, 0.3) is 5.57 Å². The molecule has 0 spiro atoms. The molecule has 0 amide bonds. The summed E-state index contributed by atoms with van der Waals surface area (Å²) in [5, 5.41) is 0. The van der Waals surface area contributed by atoms with Gasteiger partial charge in [-0.25, -0.2) is 0 Å². The van der Waals surface area contributed by atoms with Crippen molar-refractivity contribution >= 4 is 5.57 Å². The normalized spacial score (nSPS) is 14.2. The molecule has 1 aliphatic carbocycles. The van der Waals surface area contributed by atoms with E-state index in [0.717, 1.165) is 6.42 Å². The molecule has 0 fully saturated rings.